The molecule has 0 spiro atoms. The molecule has 0 aliphatic heterocycles. The summed E-state index contributed by atoms with van der Waals surface area (Å²) in [4.78, 5) is 21.6. The summed E-state index contributed by atoms with van der Waals surface area (Å²) in [6, 6.07) is -0.774. The van der Waals surface area contributed by atoms with Crippen LogP contribution in [0.5, 0.6) is 0 Å². The average molecular weight is 188 g/mol. The Morgan fingerprint density at radius 2 is 2.15 bits per heavy atom. The molecule has 0 heterocycles. The van der Waals surface area contributed by atoms with Gasteiger partial charge in [0, 0.05) is 13.0 Å². The van der Waals surface area contributed by atoms with E-state index in [-0.39, 0.29) is 18.9 Å². The summed E-state index contributed by atoms with van der Waals surface area (Å²) in [5, 5.41) is 11.1. The number of hydrogen-bond donors (Lipinski definition) is 3. The minimum absolute atomic E-state index is 0.174. The number of amides is 1. The zero-order chi connectivity index (χ0) is 10.3. The summed E-state index contributed by atoms with van der Waals surface area (Å²) in [5.41, 5.74) is 5.15. The van der Waals surface area contributed by atoms with Crippen molar-refractivity contribution >= 4 is 11.9 Å². The maximum absolute atomic E-state index is 11.0. The van der Waals surface area contributed by atoms with Gasteiger partial charge in [0.1, 0.15) is 6.04 Å². The number of hydrogen-bond acceptors (Lipinski definition) is 3. The second kappa shape index (κ2) is 6.42. The van der Waals surface area contributed by atoms with E-state index in [9.17, 15) is 9.59 Å². The number of carbonyl (C=O) groups excluding carboxylic acids is 1. The van der Waals surface area contributed by atoms with E-state index in [2.05, 4.69) is 5.32 Å². The van der Waals surface area contributed by atoms with E-state index in [0.29, 0.717) is 6.42 Å². The molecule has 0 aliphatic carbocycles. The Hall–Kier alpha value is -1.10. The second-order valence-corrected chi connectivity index (χ2v) is 2.79. The third kappa shape index (κ3) is 5.19. The van der Waals surface area contributed by atoms with Crippen LogP contribution in [0.3, 0.4) is 0 Å². The van der Waals surface area contributed by atoms with Crippen molar-refractivity contribution < 1.29 is 14.7 Å². The molecule has 0 aromatic carbocycles. The lowest BCUT2D eigenvalue weighted by molar-refractivity contribution is -0.142. The normalized spacial score (nSPS) is 12.2. The molecule has 0 aromatic heterocycles. The fraction of sp³-hybridized carbons (Fsp3) is 0.750. The molecule has 1 atom stereocenters. The number of rotatable bonds is 6. The number of carboxylic acids is 1. The molecule has 0 saturated heterocycles. The molecule has 76 valence electrons. The van der Waals surface area contributed by atoms with Gasteiger partial charge in [0.05, 0.1) is 0 Å². The quantitative estimate of drug-likeness (QED) is 0.533. The molecule has 1 amide bonds. The Kier molecular flexibility index (Phi) is 5.88. The topological polar surface area (TPSA) is 92.4 Å². The van der Waals surface area contributed by atoms with E-state index in [1.165, 1.54) is 0 Å². The number of aliphatic carboxylic acids is 1. The first-order valence-electron chi connectivity index (χ1n) is 4.34. The van der Waals surface area contributed by atoms with Gasteiger partial charge in [0.2, 0.25) is 5.91 Å². The molecule has 0 aliphatic rings. The van der Waals surface area contributed by atoms with Crippen molar-refractivity contribution in [3.63, 3.8) is 0 Å². The third-order valence-electron chi connectivity index (χ3n) is 1.58. The van der Waals surface area contributed by atoms with Crippen molar-refractivity contribution in [2.24, 2.45) is 5.73 Å². The van der Waals surface area contributed by atoms with Gasteiger partial charge in [-0.15, -0.1) is 0 Å². The van der Waals surface area contributed by atoms with E-state index in [1.54, 1.807) is 0 Å². The maximum atomic E-state index is 11.0. The van der Waals surface area contributed by atoms with E-state index in [1.807, 2.05) is 6.92 Å². The molecule has 0 aromatic rings. The van der Waals surface area contributed by atoms with Crippen molar-refractivity contribution in [1.29, 1.82) is 0 Å². The zero-order valence-electron chi connectivity index (χ0n) is 7.75. The van der Waals surface area contributed by atoms with Gasteiger partial charge in [-0.3, -0.25) is 4.79 Å². The van der Waals surface area contributed by atoms with Gasteiger partial charge in [0.15, 0.2) is 0 Å². The van der Waals surface area contributed by atoms with Crippen LogP contribution >= 0.6 is 0 Å². The summed E-state index contributed by atoms with van der Waals surface area (Å²) in [6.07, 6.45) is 1.35. The Labute approximate surface area is 77.3 Å². The summed E-state index contributed by atoms with van der Waals surface area (Å²) in [7, 11) is 0. The molecular weight excluding hydrogens is 172 g/mol. The number of nitrogens with one attached hydrogen (secondary N) is 1. The minimum Gasteiger partial charge on any atom is -0.480 e. The highest BCUT2D eigenvalue weighted by atomic mass is 16.4. The van der Waals surface area contributed by atoms with Gasteiger partial charge >= 0.3 is 5.97 Å². The predicted octanol–water partition coefficient (Wildman–Crippen LogP) is -0.295. The van der Waals surface area contributed by atoms with Crippen LogP contribution in [0.25, 0.3) is 0 Å². The average Bonchev–Trinajstić information content (AvgIpc) is 2.04. The smallest absolute Gasteiger partial charge is 0.326 e. The van der Waals surface area contributed by atoms with E-state index in [4.69, 9.17) is 10.8 Å². The van der Waals surface area contributed by atoms with Gasteiger partial charge in [-0.2, -0.15) is 0 Å². The van der Waals surface area contributed by atoms with Crippen LogP contribution < -0.4 is 11.1 Å². The summed E-state index contributed by atoms with van der Waals surface area (Å²) < 4.78 is 0. The first kappa shape index (κ1) is 11.9. The Morgan fingerprint density at radius 3 is 2.54 bits per heavy atom. The molecule has 0 radical (unpaired) electrons. The molecule has 0 rings (SSSR count). The number of carbonyl (C=O) groups is 2. The van der Waals surface area contributed by atoms with Crippen LogP contribution in [0.2, 0.25) is 0 Å². The molecule has 1 unspecified atom stereocenters. The summed E-state index contributed by atoms with van der Waals surface area (Å²) in [6.45, 7) is 2.11. The highest BCUT2D eigenvalue weighted by molar-refractivity contribution is 5.83. The minimum atomic E-state index is -0.993. The SMILES string of the molecule is CCCC(NC(=O)CCN)C(=O)O. The molecule has 5 nitrogen and oxygen atoms in total. The monoisotopic (exact) mass is 188 g/mol. The lowest BCUT2D eigenvalue weighted by atomic mass is 10.1. The van der Waals surface area contributed by atoms with E-state index < -0.39 is 12.0 Å². The zero-order valence-corrected chi connectivity index (χ0v) is 7.75. The molecule has 13 heavy (non-hydrogen) atoms. The van der Waals surface area contributed by atoms with Crippen molar-refractivity contribution in [3.8, 4) is 0 Å². The Balaban J connectivity index is 3.94. The Morgan fingerprint density at radius 1 is 1.54 bits per heavy atom. The molecule has 4 N–H and O–H groups in total. The summed E-state index contributed by atoms with van der Waals surface area (Å²) in [5.74, 6) is -1.30. The van der Waals surface area contributed by atoms with Gasteiger partial charge in [0.25, 0.3) is 0 Å². The van der Waals surface area contributed by atoms with Crippen molar-refractivity contribution in [3.05, 3.63) is 0 Å². The lowest BCUT2D eigenvalue weighted by Gasteiger charge is -2.12. The molecule has 0 saturated carbocycles. The lowest BCUT2D eigenvalue weighted by Crippen LogP contribution is -2.41. The van der Waals surface area contributed by atoms with Crippen LogP contribution in [0.15, 0.2) is 0 Å². The van der Waals surface area contributed by atoms with Crippen LogP contribution in [0.1, 0.15) is 26.2 Å². The highest BCUT2D eigenvalue weighted by Crippen LogP contribution is 1.96. The van der Waals surface area contributed by atoms with Crippen LogP contribution in [0.4, 0.5) is 0 Å². The molecule has 0 fully saturated rings. The fourth-order valence-electron chi connectivity index (χ4n) is 0.944. The first-order chi connectivity index (χ1) is 6.11. The molecular formula is C8H16N2O3. The largest absolute Gasteiger partial charge is 0.480 e. The van der Waals surface area contributed by atoms with Crippen molar-refractivity contribution in [2.75, 3.05) is 6.54 Å². The third-order valence-corrected chi connectivity index (χ3v) is 1.58. The number of nitrogens with two attached hydrogens (primary N) is 1. The molecule has 0 bridgehead atoms. The fourth-order valence-corrected chi connectivity index (χ4v) is 0.944. The first-order valence-corrected chi connectivity index (χ1v) is 4.34. The van der Waals surface area contributed by atoms with Crippen LogP contribution in [-0.4, -0.2) is 29.6 Å². The van der Waals surface area contributed by atoms with Crippen molar-refractivity contribution in [2.45, 2.75) is 32.2 Å². The predicted molar refractivity (Wildman–Crippen MR) is 48.1 cm³/mol. The van der Waals surface area contributed by atoms with Gasteiger partial charge in [-0.1, -0.05) is 13.3 Å². The van der Waals surface area contributed by atoms with Gasteiger partial charge in [-0.05, 0) is 6.42 Å². The highest BCUT2D eigenvalue weighted by Gasteiger charge is 2.17. The van der Waals surface area contributed by atoms with Crippen LogP contribution in [0, 0.1) is 0 Å². The Bertz CT molecular complexity index is 182. The maximum Gasteiger partial charge on any atom is 0.326 e. The van der Waals surface area contributed by atoms with Crippen LogP contribution in [-0.2, 0) is 9.59 Å². The van der Waals surface area contributed by atoms with Gasteiger partial charge in [-0.25, -0.2) is 4.79 Å². The van der Waals surface area contributed by atoms with Crippen molar-refractivity contribution in [1.82, 2.24) is 5.32 Å². The van der Waals surface area contributed by atoms with Gasteiger partial charge < -0.3 is 16.2 Å². The molecule has 5 heteroatoms. The van der Waals surface area contributed by atoms with E-state index in [0.717, 1.165) is 6.42 Å². The summed E-state index contributed by atoms with van der Waals surface area (Å²) >= 11 is 0. The second-order valence-electron chi connectivity index (χ2n) is 2.79. The standard InChI is InChI=1S/C8H16N2O3/c1-2-3-6(8(12)13)10-7(11)4-5-9/h6H,2-5,9H2,1H3,(H,10,11)(H,12,13). The number of carboxylic acid groups (broad SMARTS) is 1. The van der Waals surface area contributed by atoms with E-state index >= 15 is 0 Å².